The Morgan fingerprint density at radius 3 is 2.74 bits per heavy atom. The van der Waals surface area contributed by atoms with Gasteiger partial charge in [-0.25, -0.2) is 0 Å². The molecule has 1 saturated carbocycles. The largest absolute Gasteiger partial charge is 0.337 e. The Hall–Kier alpha value is -1.42. The molecule has 2 aliphatic heterocycles. The van der Waals surface area contributed by atoms with Crippen LogP contribution in [0.5, 0.6) is 0 Å². The summed E-state index contributed by atoms with van der Waals surface area (Å²) in [4.78, 5) is 21.4. The lowest BCUT2D eigenvalue weighted by molar-refractivity contribution is -0.131. The van der Waals surface area contributed by atoms with E-state index in [9.17, 15) is 4.79 Å². The summed E-state index contributed by atoms with van der Waals surface area (Å²) in [5.74, 6) is 1.21. The molecule has 2 saturated heterocycles. The van der Waals surface area contributed by atoms with E-state index in [0.29, 0.717) is 5.91 Å². The SMILES string of the molecule is O=C1CC[C@@]2(CCCN(Cc3ccncc3)CC2)N1CC1CC1. The molecule has 0 bridgehead atoms. The predicted molar refractivity (Wildman–Crippen MR) is 89.8 cm³/mol. The minimum Gasteiger partial charge on any atom is -0.337 e. The zero-order valence-electron chi connectivity index (χ0n) is 13.9. The molecule has 124 valence electrons. The molecule has 0 unspecified atom stereocenters. The molecule has 4 heteroatoms. The van der Waals surface area contributed by atoms with Gasteiger partial charge in [0.2, 0.25) is 5.91 Å². The molecule has 0 N–H and O–H groups in total. The summed E-state index contributed by atoms with van der Waals surface area (Å²) < 4.78 is 0. The van der Waals surface area contributed by atoms with Crippen LogP contribution in [0.1, 0.15) is 50.5 Å². The van der Waals surface area contributed by atoms with Gasteiger partial charge in [-0.3, -0.25) is 14.7 Å². The third kappa shape index (κ3) is 3.27. The van der Waals surface area contributed by atoms with Crippen LogP contribution in [0.4, 0.5) is 0 Å². The van der Waals surface area contributed by atoms with E-state index >= 15 is 0 Å². The van der Waals surface area contributed by atoms with Gasteiger partial charge in [-0.15, -0.1) is 0 Å². The first-order valence-corrected chi connectivity index (χ1v) is 9.17. The highest BCUT2D eigenvalue weighted by atomic mass is 16.2. The van der Waals surface area contributed by atoms with Gasteiger partial charge in [0.05, 0.1) is 0 Å². The van der Waals surface area contributed by atoms with Crippen molar-refractivity contribution in [3.63, 3.8) is 0 Å². The Bertz CT molecular complexity index is 557. The summed E-state index contributed by atoms with van der Waals surface area (Å²) in [5.41, 5.74) is 1.51. The van der Waals surface area contributed by atoms with Crippen LogP contribution in [0.15, 0.2) is 24.5 Å². The van der Waals surface area contributed by atoms with Gasteiger partial charge in [-0.05, 0) is 68.7 Å². The third-order valence-electron chi connectivity index (χ3n) is 5.98. The van der Waals surface area contributed by atoms with Crippen molar-refractivity contribution in [2.24, 2.45) is 5.92 Å². The first-order chi connectivity index (χ1) is 11.3. The summed E-state index contributed by atoms with van der Waals surface area (Å²) in [6.07, 6.45) is 11.8. The molecule has 0 radical (unpaired) electrons. The zero-order valence-corrected chi connectivity index (χ0v) is 13.9. The molecule has 0 aromatic carbocycles. The molecule has 3 heterocycles. The smallest absolute Gasteiger partial charge is 0.223 e. The van der Waals surface area contributed by atoms with Crippen LogP contribution in [-0.2, 0) is 11.3 Å². The molecule has 1 spiro atoms. The molecule has 23 heavy (non-hydrogen) atoms. The van der Waals surface area contributed by atoms with E-state index in [2.05, 4.69) is 26.9 Å². The lowest BCUT2D eigenvalue weighted by atomic mass is 9.87. The molecular weight excluding hydrogens is 286 g/mol. The van der Waals surface area contributed by atoms with Crippen molar-refractivity contribution in [3.05, 3.63) is 30.1 Å². The summed E-state index contributed by atoms with van der Waals surface area (Å²) in [7, 11) is 0. The van der Waals surface area contributed by atoms with Crippen LogP contribution in [-0.4, -0.2) is 45.9 Å². The quantitative estimate of drug-likeness (QED) is 0.857. The minimum absolute atomic E-state index is 0.173. The first kappa shape index (κ1) is 15.1. The fourth-order valence-corrected chi connectivity index (χ4v) is 4.39. The Morgan fingerprint density at radius 2 is 1.96 bits per heavy atom. The maximum absolute atomic E-state index is 12.4. The predicted octanol–water partition coefficient (Wildman–Crippen LogP) is 2.84. The van der Waals surface area contributed by atoms with Gasteiger partial charge in [-0.2, -0.15) is 0 Å². The molecular formula is C19H27N3O. The number of hydrogen-bond acceptors (Lipinski definition) is 3. The van der Waals surface area contributed by atoms with Gasteiger partial charge >= 0.3 is 0 Å². The number of amides is 1. The molecule has 1 aromatic rings. The third-order valence-corrected chi connectivity index (χ3v) is 5.98. The van der Waals surface area contributed by atoms with E-state index in [1.807, 2.05) is 12.4 Å². The minimum atomic E-state index is 0.173. The number of carbonyl (C=O) groups is 1. The molecule has 3 aliphatic rings. The second-order valence-corrected chi connectivity index (χ2v) is 7.66. The maximum Gasteiger partial charge on any atom is 0.223 e. The van der Waals surface area contributed by atoms with Gasteiger partial charge < -0.3 is 4.90 Å². The van der Waals surface area contributed by atoms with Crippen LogP contribution in [0.2, 0.25) is 0 Å². The molecule has 3 fully saturated rings. The van der Waals surface area contributed by atoms with Crippen LogP contribution in [0.25, 0.3) is 0 Å². The average Bonchev–Trinajstić information content (AvgIpc) is 3.35. The first-order valence-electron chi connectivity index (χ1n) is 9.17. The van der Waals surface area contributed by atoms with Crippen molar-refractivity contribution in [2.75, 3.05) is 19.6 Å². The molecule has 1 aromatic heterocycles. The number of pyridine rings is 1. The van der Waals surface area contributed by atoms with Crippen molar-refractivity contribution in [3.8, 4) is 0 Å². The lowest BCUT2D eigenvalue weighted by Crippen LogP contribution is -2.47. The number of hydrogen-bond donors (Lipinski definition) is 0. The van der Waals surface area contributed by atoms with Crippen molar-refractivity contribution < 1.29 is 4.79 Å². The summed E-state index contributed by atoms with van der Waals surface area (Å²) in [6.45, 7) is 4.30. The van der Waals surface area contributed by atoms with Gasteiger partial charge in [0.25, 0.3) is 0 Å². The van der Waals surface area contributed by atoms with Crippen LogP contribution in [0, 0.1) is 5.92 Å². The van der Waals surface area contributed by atoms with E-state index < -0.39 is 0 Å². The van der Waals surface area contributed by atoms with E-state index in [1.54, 1.807) is 0 Å². The monoisotopic (exact) mass is 313 g/mol. The number of rotatable bonds is 4. The number of likely N-dealkylation sites (tertiary alicyclic amines) is 2. The topological polar surface area (TPSA) is 36.4 Å². The van der Waals surface area contributed by atoms with Crippen molar-refractivity contribution in [2.45, 2.75) is 57.0 Å². The summed E-state index contributed by atoms with van der Waals surface area (Å²) >= 11 is 0. The van der Waals surface area contributed by atoms with Crippen LogP contribution >= 0.6 is 0 Å². The standard InChI is InChI=1S/C19H27N3O/c23-18-4-8-19(22(18)15-16-2-3-16)7-1-12-21(13-9-19)14-17-5-10-20-11-6-17/h5-6,10-11,16H,1-4,7-9,12-15H2/t19-/m1/s1. The second-order valence-electron chi connectivity index (χ2n) is 7.66. The van der Waals surface area contributed by atoms with E-state index in [-0.39, 0.29) is 5.54 Å². The van der Waals surface area contributed by atoms with Gasteiger partial charge in [0, 0.05) is 44.0 Å². The van der Waals surface area contributed by atoms with Crippen LogP contribution in [0.3, 0.4) is 0 Å². The normalized spacial score (nSPS) is 29.2. The zero-order chi connectivity index (χ0) is 15.7. The number of aromatic nitrogens is 1. The van der Waals surface area contributed by atoms with E-state index in [0.717, 1.165) is 51.4 Å². The van der Waals surface area contributed by atoms with Crippen LogP contribution < -0.4 is 0 Å². The number of nitrogens with zero attached hydrogens (tertiary/aromatic N) is 3. The summed E-state index contributed by atoms with van der Waals surface area (Å²) in [6, 6.07) is 4.22. The second kappa shape index (κ2) is 6.23. The lowest BCUT2D eigenvalue weighted by Gasteiger charge is -2.38. The maximum atomic E-state index is 12.4. The number of carbonyl (C=O) groups excluding carboxylic acids is 1. The van der Waals surface area contributed by atoms with E-state index in [1.165, 1.54) is 31.2 Å². The Kier molecular flexibility index (Phi) is 4.10. The summed E-state index contributed by atoms with van der Waals surface area (Å²) in [5, 5.41) is 0. The molecule has 1 atom stereocenters. The van der Waals surface area contributed by atoms with Crippen molar-refractivity contribution in [1.82, 2.24) is 14.8 Å². The van der Waals surface area contributed by atoms with Gasteiger partial charge in [0.15, 0.2) is 0 Å². The Balaban J connectivity index is 1.42. The molecule has 1 amide bonds. The Labute approximate surface area is 138 Å². The highest BCUT2D eigenvalue weighted by Gasteiger charge is 2.47. The van der Waals surface area contributed by atoms with E-state index in [4.69, 9.17) is 0 Å². The molecule has 1 aliphatic carbocycles. The average molecular weight is 313 g/mol. The van der Waals surface area contributed by atoms with Crippen molar-refractivity contribution >= 4 is 5.91 Å². The highest BCUT2D eigenvalue weighted by molar-refractivity contribution is 5.79. The molecule has 4 nitrogen and oxygen atoms in total. The van der Waals surface area contributed by atoms with Gasteiger partial charge in [-0.1, -0.05) is 0 Å². The van der Waals surface area contributed by atoms with Crippen molar-refractivity contribution in [1.29, 1.82) is 0 Å². The molecule has 4 rings (SSSR count). The van der Waals surface area contributed by atoms with Gasteiger partial charge in [0.1, 0.15) is 0 Å². The fraction of sp³-hybridized carbons (Fsp3) is 0.684. The Morgan fingerprint density at radius 1 is 1.13 bits per heavy atom. The highest BCUT2D eigenvalue weighted by Crippen LogP contribution is 2.42. The fourth-order valence-electron chi connectivity index (χ4n) is 4.39.